The maximum atomic E-state index is 11.8. The number of rotatable bonds is 6. The Morgan fingerprint density at radius 2 is 1.87 bits per heavy atom. The van der Waals surface area contributed by atoms with Gasteiger partial charge in [0.25, 0.3) is 0 Å². The van der Waals surface area contributed by atoms with Crippen LogP contribution in [0.4, 0.5) is 11.4 Å². The first-order valence-corrected chi connectivity index (χ1v) is 7.77. The van der Waals surface area contributed by atoms with E-state index in [1.54, 1.807) is 0 Å². The van der Waals surface area contributed by atoms with Gasteiger partial charge in [-0.2, -0.15) is 5.26 Å². The summed E-state index contributed by atoms with van der Waals surface area (Å²) in [4.78, 5) is 11.8. The fourth-order valence-electron chi connectivity index (χ4n) is 2.38. The molecular weight excluding hydrogens is 286 g/mol. The van der Waals surface area contributed by atoms with Crippen molar-refractivity contribution in [2.45, 2.75) is 33.2 Å². The highest BCUT2D eigenvalue weighted by Gasteiger charge is 2.08. The highest BCUT2D eigenvalue weighted by Crippen LogP contribution is 2.24. The van der Waals surface area contributed by atoms with E-state index in [4.69, 9.17) is 5.26 Å². The summed E-state index contributed by atoms with van der Waals surface area (Å²) in [5.74, 6) is 0.0302. The van der Waals surface area contributed by atoms with Gasteiger partial charge in [0.2, 0.25) is 5.91 Å². The van der Waals surface area contributed by atoms with Crippen molar-refractivity contribution in [2.75, 3.05) is 10.6 Å². The minimum absolute atomic E-state index is 0.0302. The summed E-state index contributed by atoms with van der Waals surface area (Å²) in [6.45, 7) is 4.52. The van der Waals surface area contributed by atoms with Gasteiger partial charge in [0.05, 0.1) is 11.6 Å². The van der Waals surface area contributed by atoms with Crippen LogP contribution in [0.15, 0.2) is 42.5 Å². The standard InChI is InChI=1S/C19H21N3O/c1-3-7-19(23)22-18-11-6-10-17(14(18)2)21-13-16-9-5-4-8-15(16)12-20/h4-6,8-11,21H,3,7,13H2,1-2H3,(H,22,23). The van der Waals surface area contributed by atoms with E-state index < -0.39 is 0 Å². The third-order valence-electron chi connectivity index (χ3n) is 3.69. The molecule has 0 unspecified atom stereocenters. The monoisotopic (exact) mass is 307 g/mol. The summed E-state index contributed by atoms with van der Waals surface area (Å²) in [5.41, 5.74) is 4.39. The quantitative estimate of drug-likeness (QED) is 0.840. The molecule has 0 aliphatic carbocycles. The van der Waals surface area contributed by atoms with Gasteiger partial charge in [-0.15, -0.1) is 0 Å². The number of carbonyl (C=O) groups is 1. The lowest BCUT2D eigenvalue weighted by Gasteiger charge is -2.14. The highest BCUT2D eigenvalue weighted by molar-refractivity contribution is 5.92. The Hall–Kier alpha value is -2.80. The second-order valence-electron chi connectivity index (χ2n) is 5.40. The number of carbonyl (C=O) groups excluding carboxylic acids is 1. The summed E-state index contributed by atoms with van der Waals surface area (Å²) >= 11 is 0. The minimum Gasteiger partial charge on any atom is -0.381 e. The van der Waals surface area contributed by atoms with Crippen LogP contribution in [0.1, 0.15) is 36.5 Å². The van der Waals surface area contributed by atoms with Crippen molar-refractivity contribution in [3.8, 4) is 6.07 Å². The second-order valence-corrected chi connectivity index (χ2v) is 5.40. The maximum absolute atomic E-state index is 11.8. The second kappa shape index (κ2) is 8.00. The zero-order chi connectivity index (χ0) is 16.7. The zero-order valence-corrected chi connectivity index (χ0v) is 13.5. The first-order valence-electron chi connectivity index (χ1n) is 7.77. The molecule has 4 heteroatoms. The number of nitriles is 1. The molecule has 0 saturated heterocycles. The van der Waals surface area contributed by atoms with Gasteiger partial charge >= 0.3 is 0 Å². The topological polar surface area (TPSA) is 64.9 Å². The Bertz CT molecular complexity index is 732. The van der Waals surface area contributed by atoms with E-state index in [0.29, 0.717) is 18.5 Å². The van der Waals surface area contributed by atoms with Crippen molar-refractivity contribution < 1.29 is 4.79 Å². The number of nitrogens with zero attached hydrogens (tertiary/aromatic N) is 1. The molecule has 0 spiro atoms. The molecule has 0 aliphatic rings. The van der Waals surface area contributed by atoms with Crippen LogP contribution in [-0.4, -0.2) is 5.91 Å². The molecule has 0 radical (unpaired) electrons. The Morgan fingerprint density at radius 1 is 1.13 bits per heavy atom. The third kappa shape index (κ3) is 4.33. The van der Waals surface area contributed by atoms with E-state index in [1.807, 2.05) is 56.3 Å². The highest BCUT2D eigenvalue weighted by atomic mass is 16.1. The van der Waals surface area contributed by atoms with Crippen LogP contribution in [0.3, 0.4) is 0 Å². The van der Waals surface area contributed by atoms with Crippen LogP contribution in [0.25, 0.3) is 0 Å². The molecular formula is C19H21N3O. The van der Waals surface area contributed by atoms with Crippen molar-refractivity contribution >= 4 is 17.3 Å². The lowest BCUT2D eigenvalue weighted by molar-refractivity contribution is -0.116. The lowest BCUT2D eigenvalue weighted by Crippen LogP contribution is -2.12. The van der Waals surface area contributed by atoms with Gasteiger partial charge in [-0.25, -0.2) is 0 Å². The van der Waals surface area contributed by atoms with Crippen LogP contribution >= 0.6 is 0 Å². The molecule has 0 heterocycles. The van der Waals surface area contributed by atoms with Crippen LogP contribution in [0.2, 0.25) is 0 Å². The number of benzene rings is 2. The molecule has 1 amide bonds. The fraction of sp³-hybridized carbons (Fsp3) is 0.263. The maximum Gasteiger partial charge on any atom is 0.224 e. The Morgan fingerprint density at radius 3 is 2.61 bits per heavy atom. The molecule has 2 rings (SSSR count). The van der Waals surface area contributed by atoms with Crippen LogP contribution in [0, 0.1) is 18.3 Å². The van der Waals surface area contributed by atoms with Crippen molar-refractivity contribution in [3.05, 3.63) is 59.2 Å². The molecule has 2 aromatic rings. The van der Waals surface area contributed by atoms with Gasteiger partial charge in [0, 0.05) is 24.3 Å². The van der Waals surface area contributed by atoms with E-state index in [2.05, 4.69) is 16.7 Å². The lowest BCUT2D eigenvalue weighted by atomic mass is 10.1. The molecule has 0 bridgehead atoms. The number of anilines is 2. The van der Waals surface area contributed by atoms with Gasteiger partial charge in [-0.05, 0) is 42.7 Å². The first kappa shape index (κ1) is 16.6. The number of hydrogen-bond acceptors (Lipinski definition) is 3. The summed E-state index contributed by atoms with van der Waals surface area (Å²) in [6.07, 6.45) is 1.35. The molecule has 23 heavy (non-hydrogen) atoms. The average Bonchev–Trinajstić information content (AvgIpc) is 2.56. The van der Waals surface area contributed by atoms with Gasteiger partial charge in [0.15, 0.2) is 0 Å². The van der Waals surface area contributed by atoms with Crippen molar-refractivity contribution in [2.24, 2.45) is 0 Å². The molecule has 0 fully saturated rings. The van der Waals surface area contributed by atoms with Crippen molar-refractivity contribution in [1.82, 2.24) is 0 Å². The van der Waals surface area contributed by atoms with Crippen molar-refractivity contribution in [1.29, 1.82) is 5.26 Å². The van der Waals surface area contributed by atoms with E-state index in [0.717, 1.165) is 28.9 Å². The Balaban J connectivity index is 2.12. The average molecular weight is 307 g/mol. The van der Waals surface area contributed by atoms with Crippen LogP contribution in [0.5, 0.6) is 0 Å². The van der Waals surface area contributed by atoms with Crippen LogP contribution < -0.4 is 10.6 Å². The molecule has 2 aromatic carbocycles. The predicted molar refractivity (Wildman–Crippen MR) is 93.2 cm³/mol. The van der Waals surface area contributed by atoms with Crippen LogP contribution in [-0.2, 0) is 11.3 Å². The number of hydrogen-bond donors (Lipinski definition) is 2. The molecule has 0 saturated carbocycles. The van der Waals surface area contributed by atoms with E-state index in [-0.39, 0.29) is 5.91 Å². The summed E-state index contributed by atoms with van der Waals surface area (Å²) in [5, 5.41) is 15.4. The molecule has 4 nitrogen and oxygen atoms in total. The van der Waals surface area contributed by atoms with Gasteiger partial charge in [0.1, 0.15) is 0 Å². The third-order valence-corrected chi connectivity index (χ3v) is 3.69. The van der Waals surface area contributed by atoms with E-state index in [9.17, 15) is 4.79 Å². The number of nitrogens with one attached hydrogen (secondary N) is 2. The molecule has 2 N–H and O–H groups in total. The summed E-state index contributed by atoms with van der Waals surface area (Å²) in [7, 11) is 0. The van der Waals surface area contributed by atoms with Crippen molar-refractivity contribution in [3.63, 3.8) is 0 Å². The SMILES string of the molecule is CCCC(=O)Nc1cccc(NCc2ccccc2C#N)c1C. The Kier molecular flexibility index (Phi) is 5.76. The van der Waals surface area contributed by atoms with Gasteiger partial charge in [-0.3, -0.25) is 4.79 Å². The molecule has 118 valence electrons. The zero-order valence-electron chi connectivity index (χ0n) is 13.5. The Labute approximate surface area is 137 Å². The summed E-state index contributed by atoms with van der Waals surface area (Å²) < 4.78 is 0. The van der Waals surface area contributed by atoms with E-state index in [1.165, 1.54) is 0 Å². The van der Waals surface area contributed by atoms with Gasteiger partial charge < -0.3 is 10.6 Å². The predicted octanol–water partition coefficient (Wildman–Crippen LogP) is 4.22. The van der Waals surface area contributed by atoms with E-state index >= 15 is 0 Å². The normalized spacial score (nSPS) is 9.96. The molecule has 0 aliphatic heterocycles. The molecule has 0 aromatic heterocycles. The minimum atomic E-state index is 0.0302. The molecule has 0 atom stereocenters. The smallest absolute Gasteiger partial charge is 0.224 e. The largest absolute Gasteiger partial charge is 0.381 e. The summed E-state index contributed by atoms with van der Waals surface area (Å²) in [6, 6.07) is 15.5. The first-order chi connectivity index (χ1) is 11.2. The van der Waals surface area contributed by atoms with Gasteiger partial charge in [-0.1, -0.05) is 31.2 Å². The fourth-order valence-corrected chi connectivity index (χ4v) is 2.38. The number of amides is 1.